The molecule has 0 rings (SSSR count). The summed E-state index contributed by atoms with van der Waals surface area (Å²) in [6, 6.07) is -0.540. The van der Waals surface area contributed by atoms with E-state index < -0.39 is 12.1 Å². The second-order valence-electron chi connectivity index (χ2n) is 27.0. The van der Waals surface area contributed by atoms with Gasteiger partial charge in [0.25, 0.3) is 0 Å². The molecule has 0 aromatic heterocycles. The fraction of sp³-hybridized carbons (Fsp3) is 0.949. The summed E-state index contributed by atoms with van der Waals surface area (Å²) in [6.45, 7) is 5.01. The van der Waals surface area contributed by atoms with Crippen LogP contribution in [0.15, 0.2) is 12.2 Å². The maximum atomic E-state index is 12.6. The minimum atomic E-state index is -0.663. The molecule has 0 heterocycles. The molecular formula is C78H153NO5. The van der Waals surface area contributed by atoms with Crippen LogP contribution in [0.25, 0.3) is 0 Å². The summed E-state index contributed by atoms with van der Waals surface area (Å²) in [6.07, 6.45) is 93.0. The second kappa shape index (κ2) is 74.1. The van der Waals surface area contributed by atoms with Gasteiger partial charge >= 0.3 is 5.97 Å². The smallest absolute Gasteiger partial charge is 0.305 e. The van der Waals surface area contributed by atoms with Gasteiger partial charge in [-0.3, -0.25) is 9.59 Å². The van der Waals surface area contributed by atoms with Crippen molar-refractivity contribution in [3.8, 4) is 0 Å². The lowest BCUT2D eigenvalue weighted by Gasteiger charge is -2.22. The number of aliphatic hydroxyl groups excluding tert-OH is 2. The van der Waals surface area contributed by atoms with Gasteiger partial charge in [-0.25, -0.2) is 0 Å². The highest BCUT2D eigenvalue weighted by Gasteiger charge is 2.20. The third kappa shape index (κ3) is 69.7. The van der Waals surface area contributed by atoms with Crippen LogP contribution in [-0.2, 0) is 14.3 Å². The number of esters is 1. The Balaban J connectivity index is 3.34. The van der Waals surface area contributed by atoms with Gasteiger partial charge in [-0.15, -0.1) is 0 Å². The van der Waals surface area contributed by atoms with Gasteiger partial charge in [0.1, 0.15) is 0 Å². The van der Waals surface area contributed by atoms with Crippen molar-refractivity contribution >= 4 is 11.9 Å². The number of nitrogens with one attached hydrogen (secondary N) is 1. The van der Waals surface area contributed by atoms with Gasteiger partial charge in [-0.1, -0.05) is 398 Å². The predicted molar refractivity (Wildman–Crippen MR) is 370 cm³/mol. The Labute approximate surface area is 527 Å². The van der Waals surface area contributed by atoms with Crippen molar-refractivity contribution in [2.75, 3.05) is 13.2 Å². The molecule has 0 saturated heterocycles. The van der Waals surface area contributed by atoms with Crippen molar-refractivity contribution in [2.45, 2.75) is 463 Å². The molecule has 3 N–H and O–H groups in total. The summed E-state index contributed by atoms with van der Waals surface area (Å²) < 4.78 is 5.50. The van der Waals surface area contributed by atoms with Crippen LogP contribution in [0, 0.1) is 0 Å². The number of ether oxygens (including phenoxy) is 1. The van der Waals surface area contributed by atoms with Crippen LogP contribution in [0.4, 0.5) is 0 Å². The van der Waals surface area contributed by atoms with Crippen molar-refractivity contribution in [3.05, 3.63) is 12.2 Å². The molecular weight excluding hydrogens is 1030 g/mol. The largest absolute Gasteiger partial charge is 0.466 e. The minimum absolute atomic E-state index is 0.0223. The molecule has 2 unspecified atom stereocenters. The molecule has 0 bridgehead atoms. The van der Waals surface area contributed by atoms with E-state index >= 15 is 0 Å². The maximum Gasteiger partial charge on any atom is 0.305 e. The molecule has 0 radical (unpaired) electrons. The van der Waals surface area contributed by atoms with Gasteiger partial charge in [-0.05, 0) is 51.4 Å². The Morgan fingerprint density at radius 3 is 0.845 bits per heavy atom. The summed E-state index contributed by atoms with van der Waals surface area (Å²) in [7, 11) is 0. The molecule has 0 aliphatic heterocycles. The first-order chi connectivity index (χ1) is 41.5. The Hall–Kier alpha value is -1.40. The molecule has 6 nitrogen and oxygen atoms in total. The van der Waals surface area contributed by atoms with Crippen molar-refractivity contribution in [3.63, 3.8) is 0 Å². The molecule has 0 saturated carbocycles. The van der Waals surface area contributed by atoms with Crippen molar-refractivity contribution in [1.29, 1.82) is 0 Å². The Bertz CT molecular complexity index is 1270. The van der Waals surface area contributed by atoms with E-state index in [9.17, 15) is 19.8 Å². The molecule has 6 heteroatoms. The molecule has 0 aliphatic rings. The van der Waals surface area contributed by atoms with Gasteiger partial charge in [-0.2, -0.15) is 0 Å². The summed E-state index contributed by atoms with van der Waals surface area (Å²) in [5.41, 5.74) is 0. The standard InChI is InChI=1S/C78H153NO5/c1-3-5-7-9-11-13-15-17-19-20-21-36-39-43-46-50-54-58-62-66-70-76(81)75(74-80)79-77(82)71-67-63-59-55-51-47-44-40-37-34-32-30-28-26-24-22-23-25-27-29-31-33-35-38-41-45-49-53-57-61-65-69-73-84-78(83)72-68-64-60-56-52-48-42-18-16-14-12-10-8-6-4-2/h25,27,75-76,80-81H,3-24,26,28-74H2,1-2H3,(H,79,82)/b27-25-. The van der Waals surface area contributed by atoms with Gasteiger partial charge < -0.3 is 20.3 Å². The Morgan fingerprint density at radius 1 is 0.321 bits per heavy atom. The van der Waals surface area contributed by atoms with E-state index in [0.717, 1.165) is 38.5 Å². The zero-order valence-corrected chi connectivity index (χ0v) is 57.4. The molecule has 2 atom stereocenters. The van der Waals surface area contributed by atoms with Crippen LogP contribution < -0.4 is 5.32 Å². The molecule has 1 amide bonds. The van der Waals surface area contributed by atoms with E-state index in [2.05, 4.69) is 31.3 Å². The molecule has 0 spiro atoms. The fourth-order valence-corrected chi connectivity index (χ4v) is 12.6. The molecule has 500 valence electrons. The number of aliphatic hydroxyl groups is 2. The van der Waals surface area contributed by atoms with E-state index in [4.69, 9.17) is 4.74 Å². The summed E-state index contributed by atoms with van der Waals surface area (Å²) in [5, 5.41) is 23.4. The van der Waals surface area contributed by atoms with E-state index in [-0.39, 0.29) is 18.5 Å². The van der Waals surface area contributed by atoms with Gasteiger partial charge in [0.05, 0.1) is 25.4 Å². The van der Waals surface area contributed by atoms with Crippen LogP contribution in [0.5, 0.6) is 0 Å². The lowest BCUT2D eigenvalue weighted by Crippen LogP contribution is -2.45. The van der Waals surface area contributed by atoms with Crippen molar-refractivity contribution in [1.82, 2.24) is 5.32 Å². The molecule has 84 heavy (non-hydrogen) atoms. The topological polar surface area (TPSA) is 95.9 Å². The number of unbranched alkanes of at least 4 members (excludes halogenated alkanes) is 61. The minimum Gasteiger partial charge on any atom is -0.466 e. The van der Waals surface area contributed by atoms with E-state index in [0.29, 0.717) is 25.9 Å². The maximum absolute atomic E-state index is 12.6. The van der Waals surface area contributed by atoms with Crippen LogP contribution >= 0.6 is 0 Å². The van der Waals surface area contributed by atoms with Crippen LogP contribution in [0.3, 0.4) is 0 Å². The third-order valence-electron chi connectivity index (χ3n) is 18.6. The summed E-state index contributed by atoms with van der Waals surface area (Å²) in [4.78, 5) is 24.6. The highest BCUT2D eigenvalue weighted by atomic mass is 16.5. The van der Waals surface area contributed by atoms with Crippen LogP contribution in [0.2, 0.25) is 0 Å². The highest BCUT2D eigenvalue weighted by molar-refractivity contribution is 5.76. The van der Waals surface area contributed by atoms with E-state index in [1.165, 1.54) is 379 Å². The predicted octanol–water partition coefficient (Wildman–Crippen LogP) is 25.5. The average Bonchev–Trinajstić information content (AvgIpc) is 3.53. The Kier molecular flexibility index (Phi) is 72.8. The Morgan fingerprint density at radius 2 is 0.560 bits per heavy atom. The number of amides is 1. The van der Waals surface area contributed by atoms with Crippen LogP contribution in [0.1, 0.15) is 450 Å². The van der Waals surface area contributed by atoms with E-state index in [1.54, 1.807) is 0 Å². The normalized spacial score (nSPS) is 12.5. The monoisotopic (exact) mass is 1180 g/mol. The van der Waals surface area contributed by atoms with Crippen LogP contribution in [-0.4, -0.2) is 47.4 Å². The number of rotatable bonds is 74. The second-order valence-corrected chi connectivity index (χ2v) is 27.0. The summed E-state index contributed by atoms with van der Waals surface area (Å²) in [5.74, 6) is -0.00466. The lowest BCUT2D eigenvalue weighted by molar-refractivity contribution is -0.143. The number of hydrogen-bond donors (Lipinski definition) is 3. The van der Waals surface area contributed by atoms with Crippen molar-refractivity contribution in [2.24, 2.45) is 0 Å². The molecule has 0 aromatic rings. The van der Waals surface area contributed by atoms with Gasteiger partial charge in [0, 0.05) is 12.8 Å². The first-order valence-electron chi connectivity index (χ1n) is 38.9. The molecule has 0 fully saturated rings. The van der Waals surface area contributed by atoms with Crippen molar-refractivity contribution < 1.29 is 24.5 Å². The quantitative estimate of drug-likeness (QED) is 0.0320. The number of carbonyl (C=O) groups is 2. The first kappa shape index (κ1) is 82.6. The fourth-order valence-electron chi connectivity index (χ4n) is 12.6. The average molecular weight is 1190 g/mol. The lowest BCUT2D eigenvalue weighted by atomic mass is 10.0. The first-order valence-corrected chi connectivity index (χ1v) is 38.9. The summed E-state index contributed by atoms with van der Waals surface area (Å²) >= 11 is 0. The molecule has 0 aliphatic carbocycles. The van der Waals surface area contributed by atoms with E-state index in [1.807, 2.05) is 0 Å². The molecule has 0 aromatic carbocycles. The number of hydrogen-bond acceptors (Lipinski definition) is 5. The zero-order valence-electron chi connectivity index (χ0n) is 57.4. The van der Waals surface area contributed by atoms with Gasteiger partial charge in [0.15, 0.2) is 0 Å². The highest BCUT2D eigenvalue weighted by Crippen LogP contribution is 2.20. The number of allylic oxidation sites excluding steroid dienone is 2. The third-order valence-corrected chi connectivity index (χ3v) is 18.6. The number of carbonyl (C=O) groups excluding carboxylic acids is 2. The van der Waals surface area contributed by atoms with Gasteiger partial charge in [0.2, 0.25) is 5.91 Å². The SMILES string of the molecule is CCCCCCCCCCCCCCCCCCCCCCC(O)C(CO)NC(=O)CCCCCCCCCCCCCCCCCC/C=C\CCCCCCCCCCCCCCOC(=O)CCCCCCCCCCCCCCCCC. The zero-order chi connectivity index (χ0) is 60.6.